The predicted molar refractivity (Wildman–Crippen MR) is 67.2 cm³/mol. The fourth-order valence-electron chi connectivity index (χ4n) is 1.48. The third-order valence-electron chi connectivity index (χ3n) is 2.61. The molecule has 0 aliphatic heterocycles. The Balaban J connectivity index is 2.02. The molecule has 6 nitrogen and oxygen atoms in total. The van der Waals surface area contributed by atoms with Crippen LogP contribution in [0.25, 0.3) is 0 Å². The number of carbonyl (C=O) groups is 1. The van der Waals surface area contributed by atoms with E-state index in [2.05, 4.69) is 5.32 Å². The highest BCUT2D eigenvalue weighted by molar-refractivity contribution is 7.89. The normalized spacial score (nSPS) is 15.2. The summed E-state index contributed by atoms with van der Waals surface area (Å²) in [5.41, 5.74) is 5.46. The molecule has 0 radical (unpaired) electrons. The summed E-state index contributed by atoms with van der Waals surface area (Å²) in [5.74, 6) is -1.38. The number of halogens is 1. The monoisotopic (exact) mass is 287 g/mol. The lowest BCUT2D eigenvalue weighted by Crippen LogP contribution is -2.38. The van der Waals surface area contributed by atoms with Crippen LogP contribution in [0.3, 0.4) is 0 Å². The Morgan fingerprint density at radius 2 is 2.11 bits per heavy atom. The molecule has 4 N–H and O–H groups in total. The molecule has 0 unspecified atom stereocenters. The van der Waals surface area contributed by atoms with Gasteiger partial charge in [-0.25, -0.2) is 17.5 Å². The first-order chi connectivity index (χ1) is 8.88. The third-order valence-corrected chi connectivity index (χ3v) is 4.05. The zero-order valence-corrected chi connectivity index (χ0v) is 10.8. The smallest absolute Gasteiger partial charge is 0.243 e. The van der Waals surface area contributed by atoms with Crippen LogP contribution in [-0.4, -0.2) is 26.9 Å². The van der Waals surface area contributed by atoms with E-state index in [0.29, 0.717) is 0 Å². The van der Waals surface area contributed by atoms with Crippen molar-refractivity contribution in [3.63, 3.8) is 0 Å². The van der Waals surface area contributed by atoms with Gasteiger partial charge >= 0.3 is 0 Å². The van der Waals surface area contributed by atoms with Crippen LogP contribution in [0.1, 0.15) is 12.8 Å². The van der Waals surface area contributed by atoms with E-state index in [1.165, 1.54) is 6.07 Å². The van der Waals surface area contributed by atoms with Gasteiger partial charge in [0, 0.05) is 11.7 Å². The Bertz CT molecular complexity index is 599. The number of amides is 1. The van der Waals surface area contributed by atoms with Crippen molar-refractivity contribution in [3.8, 4) is 0 Å². The van der Waals surface area contributed by atoms with Crippen LogP contribution in [-0.2, 0) is 14.8 Å². The molecule has 1 fully saturated rings. The zero-order chi connectivity index (χ0) is 14.0. The van der Waals surface area contributed by atoms with E-state index in [4.69, 9.17) is 5.73 Å². The first-order valence-corrected chi connectivity index (χ1v) is 7.21. The predicted octanol–water partition coefficient (Wildman–Crippen LogP) is -0.0352. The van der Waals surface area contributed by atoms with Crippen molar-refractivity contribution in [1.82, 2.24) is 10.0 Å². The summed E-state index contributed by atoms with van der Waals surface area (Å²) in [6.45, 7) is -0.414. The summed E-state index contributed by atoms with van der Waals surface area (Å²) in [5, 5.41) is 2.62. The van der Waals surface area contributed by atoms with Crippen molar-refractivity contribution in [2.24, 2.45) is 0 Å². The van der Waals surface area contributed by atoms with Crippen LogP contribution in [0.5, 0.6) is 0 Å². The van der Waals surface area contributed by atoms with Gasteiger partial charge in [-0.2, -0.15) is 0 Å². The summed E-state index contributed by atoms with van der Waals surface area (Å²) in [4.78, 5) is 10.8. The van der Waals surface area contributed by atoms with E-state index in [0.717, 1.165) is 25.0 Å². The van der Waals surface area contributed by atoms with Gasteiger partial charge in [-0.1, -0.05) is 0 Å². The molecule has 0 atom stereocenters. The standard InChI is InChI=1S/C11H14FN3O3S/c12-9-5-7(13)1-4-10(9)19(17,18)14-6-11(16)15-8-2-3-8/h1,4-5,8,14H,2-3,6,13H2,(H,15,16). The number of nitrogens with two attached hydrogens (primary N) is 1. The molecule has 104 valence electrons. The number of carbonyl (C=O) groups excluding carboxylic acids is 1. The quantitative estimate of drug-likeness (QED) is 0.662. The van der Waals surface area contributed by atoms with Crippen LogP contribution in [0, 0.1) is 5.82 Å². The lowest BCUT2D eigenvalue weighted by Gasteiger charge is -2.08. The van der Waals surface area contributed by atoms with Gasteiger partial charge in [-0.15, -0.1) is 0 Å². The molecule has 1 aliphatic carbocycles. The molecular formula is C11H14FN3O3S. The molecule has 1 saturated carbocycles. The average Bonchev–Trinajstić information content (AvgIpc) is 3.10. The summed E-state index contributed by atoms with van der Waals surface area (Å²) >= 11 is 0. The molecule has 0 spiro atoms. The van der Waals surface area contributed by atoms with Crippen molar-refractivity contribution in [2.45, 2.75) is 23.8 Å². The van der Waals surface area contributed by atoms with Crippen molar-refractivity contribution in [1.29, 1.82) is 0 Å². The Labute approximate surface area is 110 Å². The fourth-order valence-corrected chi connectivity index (χ4v) is 2.52. The van der Waals surface area contributed by atoms with Crippen LogP contribution >= 0.6 is 0 Å². The van der Waals surface area contributed by atoms with E-state index in [9.17, 15) is 17.6 Å². The second-order valence-electron chi connectivity index (χ2n) is 4.36. The van der Waals surface area contributed by atoms with Gasteiger partial charge in [0.25, 0.3) is 0 Å². The van der Waals surface area contributed by atoms with Gasteiger partial charge in [-0.3, -0.25) is 4.79 Å². The lowest BCUT2D eigenvalue weighted by atomic mass is 10.3. The number of hydrogen-bond donors (Lipinski definition) is 3. The summed E-state index contributed by atoms with van der Waals surface area (Å²) in [6, 6.07) is 3.40. The highest BCUT2D eigenvalue weighted by atomic mass is 32.2. The minimum absolute atomic E-state index is 0.128. The molecular weight excluding hydrogens is 273 g/mol. The molecule has 2 rings (SSSR count). The van der Waals surface area contributed by atoms with Crippen LogP contribution in [0.4, 0.5) is 10.1 Å². The Hall–Kier alpha value is -1.67. The van der Waals surface area contributed by atoms with Gasteiger partial charge in [0.05, 0.1) is 6.54 Å². The maximum atomic E-state index is 13.5. The molecule has 19 heavy (non-hydrogen) atoms. The van der Waals surface area contributed by atoms with Gasteiger partial charge < -0.3 is 11.1 Å². The highest BCUT2D eigenvalue weighted by Crippen LogP contribution is 2.18. The molecule has 0 bridgehead atoms. The molecule has 0 saturated heterocycles. The minimum Gasteiger partial charge on any atom is -0.399 e. The van der Waals surface area contributed by atoms with Crippen LogP contribution in [0.15, 0.2) is 23.1 Å². The van der Waals surface area contributed by atoms with Crippen molar-refractivity contribution >= 4 is 21.6 Å². The number of nitrogens with one attached hydrogen (secondary N) is 2. The molecule has 0 aromatic heterocycles. The van der Waals surface area contributed by atoms with Gasteiger partial charge in [0.15, 0.2) is 0 Å². The van der Waals surface area contributed by atoms with Crippen molar-refractivity contribution in [2.75, 3.05) is 12.3 Å². The van der Waals surface area contributed by atoms with Crippen molar-refractivity contribution < 1.29 is 17.6 Å². The molecule has 1 aromatic carbocycles. The van der Waals surface area contributed by atoms with Crippen LogP contribution in [0.2, 0.25) is 0 Å². The maximum absolute atomic E-state index is 13.5. The van der Waals surface area contributed by atoms with E-state index < -0.39 is 33.2 Å². The van der Waals surface area contributed by atoms with Crippen molar-refractivity contribution in [3.05, 3.63) is 24.0 Å². The van der Waals surface area contributed by atoms with Gasteiger partial charge in [0.1, 0.15) is 10.7 Å². The summed E-state index contributed by atoms with van der Waals surface area (Å²) in [6.07, 6.45) is 1.82. The molecule has 8 heteroatoms. The second-order valence-corrected chi connectivity index (χ2v) is 6.09. The van der Waals surface area contributed by atoms with Crippen LogP contribution < -0.4 is 15.8 Å². The number of rotatable bonds is 5. The zero-order valence-electron chi connectivity index (χ0n) is 10.0. The molecule has 1 aromatic rings. The Morgan fingerprint density at radius 1 is 1.42 bits per heavy atom. The number of nitrogen functional groups attached to an aromatic ring is 1. The number of sulfonamides is 1. The lowest BCUT2D eigenvalue weighted by molar-refractivity contribution is -0.120. The van der Waals surface area contributed by atoms with E-state index in [1.807, 2.05) is 4.72 Å². The van der Waals surface area contributed by atoms with Gasteiger partial charge in [0.2, 0.25) is 15.9 Å². The Morgan fingerprint density at radius 3 is 2.68 bits per heavy atom. The maximum Gasteiger partial charge on any atom is 0.243 e. The number of benzene rings is 1. The first kappa shape index (κ1) is 13.8. The van der Waals surface area contributed by atoms with E-state index >= 15 is 0 Å². The number of hydrogen-bond acceptors (Lipinski definition) is 4. The minimum atomic E-state index is -4.06. The SMILES string of the molecule is Nc1ccc(S(=O)(=O)NCC(=O)NC2CC2)c(F)c1. The number of anilines is 1. The topological polar surface area (TPSA) is 101 Å². The molecule has 1 aliphatic rings. The van der Waals surface area contributed by atoms with E-state index in [-0.39, 0.29) is 11.7 Å². The highest BCUT2D eigenvalue weighted by Gasteiger charge is 2.25. The second kappa shape index (κ2) is 5.14. The third kappa shape index (κ3) is 3.65. The van der Waals surface area contributed by atoms with Gasteiger partial charge in [-0.05, 0) is 31.0 Å². The molecule has 0 heterocycles. The van der Waals surface area contributed by atoms with E-state index in [1.54, 1.807) is 0 Å². The largest absolute Gasteiger partial charge is 0.399 e. The Kier molecular flexibility index (Phi) is 3.72. The average molecular weight is 287 g/mol. The molecule has 1 amide bonds. The summed E-state index contributed by atoms with van der Waals surface area (Å²) < 4.78 is 39.1. The summed E-state index contributed by atoms with van der Waals surface area (Å²) in [7, 11) is -4.06. The fraction of sp³-hybridized carbons (Fsp3) is 0.364. The first-order valence-electron chi connectivity index (χ1n) is 5.72.